The summed E-state index contributed by atoms with van der Waals surface area (Å²) in [5.74, 6) is 1.03. The number of hydrogen-bond acceptors (Lipinski definition) is 7. The quantitative estimate of drug-likeness (QED) is 0.577. The van der Waals surface area contributed by atoms with Gasteiger partial charge in [-0.25, -0.2) is 4.98 Å². The largest absolute Gasteiger partial charge is 0.485 e. The summed E-state index contributed by atoms with van der Waals surface area (Å²) in [6.45, 7) is 1.82. The first kappa shape index (κ1) is 16.2. The van der Waals surface area contributed by atoms with Crippen molar-refractivity contribution >= 4 is 32.6 Å². The average Bonchev–Trinajstić information content (AvgIpc) is 3.25. The smallest absolute Gasteiger partial charge is 0.261 e. The van der Waals surface area contributed by atoms with E-state index in [2.05, 4.69) is 20.4 Å². The summed E-state index contributed by atoms with van der Waals surface area (Å²) in [6.07, 6.45) is 0. The van der Waals surface area contributed by atoms with Crippen molar-refractivity contribution in [3.05, 3.63) is 65.8 Å². The second-order valence-electron chi connectivity index (χ2n) is 5.46. The van der Waals surface area contributed by atoms with Crippen LogP contribution in [0.5, 0.6) is 5.75 Å². The predicted octanol–water partition coefficient (Wildman–Crippen LogP) is 3.82. The third kappa shape index (κ3) is 3.40. The summed E-state index contributed by atoms with van der Waals surface area (Å²) < 4.78 is 11.6. The lowest BCUT2D eigenvalue weighted by Gasteiger charge is -2.09. The Morgan fingerprint density at radius 1 is 1.15 bits per heavy atom. The molecule has 0 aliphatic heterocycles. The fourth-order valence-corrected chi connectivity index (χ4v) is 3.27. The van der Waals surface area contributed by atoms with Gasteiger partial charge in [-0.15, -0.1) is 0 Å². The number of aromatic nitrogens is 3. The highest BCUT2D eigenvalue weighted by molar-refractivity contribution is 7.22. The molecule has 0 aliphatic carbocycles. The Balaban J connectivity index is 1.52. The van der Waals surface area contributed by atoms with Crippen molar-refractivity contribution in [2.24, 2.45) is 0 Å². The second kappa shape index (κ2) is 6.93. The van der Waals surface area contributed by atoms with Gasteiger partial charge in [0, 0.05) is 6.92 Å². The Bertz CT molecular complexity index is 1040. The molecule has 0 atom stereocenters. The zero-order valence-electron chi connectivity index (χ0n) is 13.8. The molecule has 7 nitrogen and oxygen atoms in total. The molecular weight excluding hydrogens is 352 g/mol. The van der Waals surface area contributed by atoms with E-state index >= 15 is 0 Å². The lowest BCUT2D eigenvalue weighted by molar-refractivity contribution is 0.102. The Labute approximate surface area is 152 Å². The SMILES string of the molecule is Cc1nc(COc2ccccc2C(=O)Nc2nc3ccccc3s2)no1. The maximum Gasteiger partial charge on any atom is 0.261 e. The van der Waals surface area contributed by atoms with E-state index in [1.807, 2.05) is 24.3 Å². The molecule has 8 heteroatoms. The Morgan fingerprint density at radius 3 is 2.77 bits per heavy atom. The van der Waals surface area contributed by atoms with E-state index in [0.717, 1.165) is 10.2 Å². The standard InChI is InChI=1S/C18H14N4O3S/c1-11-19-16(22-25-11)10-24-14-8-4-2-6-12(14)17(23)21-18-20-13-7-3-5-9-15(13)26-18/h2-9H,10H2,1H3,(H,20,21,23). The number of carbonyl (C=O) groups is 1. The van der Waals surface area contributed by atoms with E-state index in [1.54, 1.807) is 31.2 Å². The molecule has 0 fully saturated rings. The second-order valence-corrected chi connectivity index (χ2v) is 6.49. The first-order valence-corrected chi connectivity index (χ1v) is 8.68. The zero-order valence-corrected chi connectivity index (χ0v) is 14.6. The number of anilines is 1. The fraction of sp³-hybridized carbons (Fsp3) is 0.111. The Kier molecular flexibility index (Phi) is 4.32. The molecule has 2 aromatic heterocycles. The molecule has 130 valence electrons. The molecule has 0 radical (unpaired) electrons. The van der Waals surface area contributed by atoms with Crippen LogP contribution in [-0.2, 0) is 6.61 Å². The molecule has 2 heterocycles. The third-order valence-electron chi connectivity index (χ3n) is 3.57. The molecule has 1 amide bonds. The summed E-state index contributed by atoms with van der Waals surface area (Å²) >= 11 is 1.42. The van der Waals surface area contributed by atoms with Crippen LogP contribution in [-0.4, -0.2) is 21.0 Å². The number of ether oxygens (including phenoxy) is 1. The summed E-state index contributed by atoms with van der Waals surface area (Å²) in [6, 6.07) is 14.7. The lowest BCUT2D eigenvalue weighted by atomic mass is 10.2. The molecule has 4 aromatic rings. The van der Waals surface area contributed by atoms with Crippen molar-refractivity contribution in [2.45, 2.75) is 13.5 Å². The summed E-state index contributed by atoms with van der Waals surface area (Å²) in [4.78, 5) is 21.2. The van der Waals surface area contributed by atoms with Crippen molar-refractivity contribution < 1.29 is 14.1 Å². The molecule has 0 saturated carbocycles. The highest BCUT2D eigenvalue weighted by atomic mass is 32.1. The minimum absolute atomic E-state index is 0.114. The number of thiazole rings is 1. The van der Waals surface area contributed by atoms with Gasteiger partial charge in [-0.2, -0.15) is 4.98 Å². The number of carbonyl (C=O) groups excluding carboxylic acids is 1. The van der Waals surface area contributed by atoms with Crippen molar-refractivity contribution in [3.63, 3.8) is 0 Å². The number of nitrogens with one attached hydrogen (secondary N) is 1. The van der Waals surface area contributed by atoms with Gasteiger partial charge < -0.3 is 9.26 Å². The summed E-state index contributed by atoms with van der Waals surface area (Å²) in [5, 5.41) is 7.15. The molecule has 26 heavy (non-hydrogen) atoms. The van der Waals surface area contributed by atoms with Crippen LogP contribution in [0.25, 0.3) is 10.2 Å². The highest BCUT2D eigenvalue weighted by Gasteiger charge is 2.15. The van der Waals surface area contributed by atoms with Gasteiger partial charge in [-0.3, -0.25) is 10.1 Å². The van der Waals surface area contributed by atoms with Gasteiger partial charge in [-0.05, 0) is 24.3 Å². The van der Waals surface area contributed by atoms with E-state index in [9.17, 15) is 4.79 Å². The van der Waals surface area contributed by atoms with Crippen LogP contribution < -0.4 is 10.1 Å². The van der Waals surface area contributed by atoms with Gasteiger partial charge in [0.05, 0.1) is 15.8 Å². The van der Waals surface area contributed by atoms with Crippen LogP contribution in [0.4, 0.5) is 5.13 Å². The van der Waals surface area contributed by atoms with Gasteiger partial charge in [0.15, 0.2) is 11.7 Å². The Hall–Kier alpha value is -3.26. The number of hydrogen-bond donors (Lipinski definition) is 1. The minimum Gasteiger partial charge on any atom is -0.485 e. The monoisotopic (exact) mass is 366 g/mol. The van der Waals surface area contributed by atoms with E-state index in [-0.39, 0.29) is 12.5 Å². The summed E-state index contributed by atoms with van der Waals surface area (Å²) in [5.41, 5.74) is 1.26. The number of rotatable bonds is 5. The normalized spacial score (nSPS) is 10.8. The zero-order chi connectivity index (χ0) is 17.9. The van der Waals surface area contributed by atoms with Gasteiger partial charge in [-0.1, -0.05) is 40.8 Å². The van der Waals surface area contributed by atoms with Crippen molar-refractivity contribution in [1.29, 1.82) is 0 Å². The Morgan fingerprint density at radius 2 is 1.96 bits per heavy atom. The van der Waals surface area contributed by atoms with Gasteiger partial charge in [0.2, 0.25) is 11.7 Å². The number of aryl methyl sites for hydroxylation is 1. The number of benzene rings is 2. The van der Waals surface area contributed by atoms with Crippen LogP contribution in [0.1, 0.15) is 22.1 Å². The van der Waals surface area contributed by atoms with Gasteiger partial charge >= 0.3 is 0 Å². The van der Waals surface area contributed by atoms with Crippen molar-refractivity contribution in [1.82, 2.24) is 15.1 Å². The molecule has 1 N–H and O–H groups in total. The topological polar surface area (TPSA) is 90.1 Å². The summed E-state index contributed by atoms with van der Waals surface area (Å²) in [7, 11) is 0. The van der Waals surface area contributed by atoms with E-state index < -0.39 is 0 Å². The van der Waals surface area contributed by atoms with E-state index in [1.165, 1.54) is 11.3 Å². The number of para-hydroxylation sites is 2. The molecule has 0 bridgehead atoms. The van der Waals surface area contributed by atoms with Crippen LogP contribution in [0.15, 0.2) is 53.1 Å². The fourth-order valence-electron chi connectivity index (χ4n) is 2.41. The molecule has 2 aromatic carbocycles. The van der Waals surface area contributed by atoms with Crippen molar-refractivity contribution in [3.8, 4) is 5.75 Å². The number of fused-ring (bicyclic) bond motifs is 1. The number of amides is 1. The lowest BCUT2D eigenvalue weighted by Crippen LogP contribution is -2.13. The molecule has 0 aliphatic rings. The van der Waals surface area contributed by atoms with Gasteiger partial charge in [0.1, 0.15) is 5.75 Å². The first-order valence-electron chi connectivity index (χ1n) is 7.87. The van der Waals surface area contributed by atoms with Crippen LogP contribution in [0, 0.1) is 6.92 Å². The minimum atomic E-state index is -0.288. The van der Waals surface area contributed by atoms with Gasteiger partial charge in [0.25, 0.3) is 5.91 Å². The number of nitrogens with zero attached hydrogens (tertiary/aromatic N) is 3. The van der Waals surface area contributed by atoms with Crippen LogP contribution in [0.2, 0.25) is 0 Å². The first-order chi connectivity index (χ1) is 12.7. The van der Waals surface area contributed by atoms with Crippen molar-refractivity contribution in [2.75, 3.05) is 5.32 Å². The molecule has 4 rings (SSSR count). The van der Waals surface area contributed by atoms with E-state index in [0.29, 0.717) is 28.2 Å². The van der Waals surface area contributed by atoms with Crippen LogP contribution in [0.3, 0.4) is 0 Å². The molecule has 0 unspecified atom stereocenters. The highest BCUT2D eigenvalue weighted by Crippen LogP contribution is 2.27. The van der Waals surface area contributed by atoms with Crippen LogP contribution >= 0.6 is 11.3 Å². The molecule has 0 spiro atoms. The molecule has 0 saturated heterocycles. The van der Waals surface area contributed by atoms with E-state index in [4.69, 9.17) is 9.26 Å². The maximum atomic E-state index is 12.7. The average molecular weight is 366 g/mol. The third-order valence-corrected chi connectivity index (χ3v) is 4.52. The predicted molar refractivity (Wildman–Crippen MR) is 97.4 cm³/mol. The molecular formula is C18H14N4O3S. The maximum absolute atomic E-state index is 12.7.